The zero-order valence-corrected chi connectivity index (χ0v) is 13.6. The van der Waals surface area contributed by atoms with Crippen LogP contribution in [0.25, 0.3) is 0 Å². The normalized spacial score (nSPS) is 13.1. The SMILES string of the molecule is CCC(CC)CC(N)c1cc(I)ccc1Br. The molecular weight excluding hydrogens is 377 g/mol. The Hall–Kier alpha value is 0.390. The van der Waals surface area contributed by atoms with E-state index >= 15 is 0 Å². The van der Waals surface area contributed by atoms with Crippen LogP contribution in [-0.4, -0.2) is 0 Å². The zero-order chi connectivity index (χ0) is 12.1. The van der Waals surface area contributed by atoms with Crippen molar-refractivity contribution in [2.45, 2.75) is 39.2 Å². The molecule has 1 nitrogen and oxygen atoms in total. The first-order chi connectivity index (χ1) is 7.58. The first-order valence-corrected chi connectivity index (χ1v) is 7.66. The van der Waals surface area contributed by atoms with Gasteiger partial charge in [-0.2, -0.15) is 0 Å². The summed E-state index contributed by atoms with van der Waals surface area (Å²) >= 11 is 5.91. The maximum atomic E-state index is 6.28. The Bertz CT molecular complexity index is 337. The van der Waals surface area contributed by atoms with E-state index in [0.717, 1.165) is 16.8 Å². The second-order valence-corrected chi connectivity index (χ2v) is 6.29. The highest BCUT2D eigenvalue weighted by atomic mass is 127. The fourth-order valence-corrected chi connectivity index (χ4v) is 2.96. The number of halogens is 2. The number of hydrogen-bond acceptors (Lipinski definition) is 1. The fraction of sp³-hybridized carbons (Fsp3) is 0.538. The molecule has 1 aromatic carbocycles. The van der Waals surface area contributed by atoms with E-state index in [9.17, 15) is 0 Å². The van der Waals surface area contributed by atoms with Gasteiger partial charge < -0.3 is 5.73 Å². The van der Waals surface area contributed by atoms with Crippen LogP contribution in [0.5, 0.6) is 0 Å². The van der Waals surface area contributed by atoms with E-state index in [1.165, 1.54) is 22.0 Å². The van der Waals surface area contributed by atoms with Gasteiger partial charge in [-0.3, -0.25) is 0 Å². The van der Waals surface area contributed by atoms with Crippen LogP contribution in [0.2, 0.25) is 0 Å². The van der Waals surface area contributed by atoms with Crippen molar-refractivity contribution in [2.24, 2.45) is 11.7 Å². The van der Waals surface area contributed by atoms with Gasteiger partial charge >= 0.3 is 0 Å². The lowest BCUT2D eigenvalue weighted by molar-refractivity contribution is 0.414. The molecule has 0 heterocycles. The molecule has 0 aliphatic heterocycles. The molecule has 1 unspecified atom stereocenters. The van der Waals surface area contributed by atoms with Gasteiger partial charge in [-0.1, -0.05) is 42.6 Å². The van der Waals surface area contributed by atoms with Crippen molar-refractivity contribution in [2.75, 3.05) is 0 Å². The average molecular weight is 396 g/mol. The molecule has 0 fully saturated rings. The Morgan fingerprint density at radius 1 is 1.31 bits per heavy atom. The lowest BCUT2D eigenvalue weighted by atomic mass is 9.92. The molecule has 16 heavy (non-hydrogen) atoms. The lowest BCUT2D eigenvalue weighted by Gasteiger charge is -2.19. The third-order valence-electron chi connectivity index (χ3n) is 3.10. The van der Waals surface area contributed by atoms with E-state index in [4.69, 9.17) is 5.73 Å². The number of rotatable bonds is 5. The highest BCUT2D eigenvalue weighted by Gasteiger charge is 2.14. The average Bonchev–Trinajstić information content (AvgIpc) is 2.28. The molecule has 0 spiro atoms. The van der Waals surface area contributed by atoms with Crippen molar-refractivity contribution >= 4 is 38.5 Å². The highest BCUT2D eigenvalue weighted by Crippen LogP contribution is 2.29. The van der Waals surface area contributed by atoms with Crippen LogP contribution in [0, 0.1) is 9.49 Å². The molecule has 1 rings (SSSR count). The quantitative estimate of drug-likeness (QED) is 0.706. The molecule has 0 saturated heterocycles. The summed E-state index contributed by atoms with van der Waals surface area (Å²) in [7, 11) is 0. The maximum absolute atomic E-state index is 6.28. The van der Waals surface area contributed by atoms with Crippen LogP contribution in [0.3, 0.4) is 0 Å². The number of hydrogen-bond donors (Lipinski definition) is 1. The van der Waals surface area contributed by atoms with Crippen molar-refractivity contribution in [1.29, 1.82) is 0 Å². The Balaban J connectivity index is 2.79. The summed E-state index contributed by atoms with van der Waals surface area (Å²) in [5.41, 5.74) is 7.52. The van der Waals surface area contributed by atoms with Crippen molar-refractivity contribution in [3.63, 3.8) is 0 Å². The molecule has 2 N–H and O–H groups in total. The largest absolute Gasteiger partial charge is 0.324 e. The van der Waals surface area contributed by atoms with Crippen LogP contribution in [-0.2, 0) is 0 Å². The van der Waals surface area contributed by atoms with Crippen molar-refractivity contribution in [3.05, 3.63) is 31.8 Å². The minimum atomic E-state index is 0.147. The Morgan fingerprint density at radius 2 is 1.94 bits per heavy atom. The second-order valence-electron chi connectivity index (χ2n) is 4.19. The summed E-state index contributed by atoms with van der Waals surface area (Å²) in [6, 6.07) is 6.51. The van der Waals surface area contributed by atoms with Gasteiger partial charge in [0.1, 0.15) is 0 Å². The van der Waals surface area contributed by atoms with E-state index in [0.29, 0.717) is 0 Å². The van der Waals surface area contributed by atoms with Gasteiger partial charge in [-0.15, -0.1) is 0 Å². The summed E-state index contributed by atoms with van der Waals surface area (Å²) in [4.78, 5) is 0. The highest BCUT2D eigenvalue weighted by molar-refractivity contribution is 14.1. The molecule has 1 atom stereocenters. The summed E-state index contributed by atoms with van der Waals surface area (Å²) in [6.45, 7) is 4.48. The molecule has 0 aliphatic carbocycles. The minimum Gasteiger partial charge on any atom is -0.324 e. The van der Waals surface area contributed by atoms with E-state index in [1.54, 1.807) is 0 Å². The third kappa shape index (κ3) is 4.00. The molecule has 90 valence electrons. The topological polar surface area (TPSA) is 26.0 Å². The van der Waals surface area contributed by atoms with Gasteiger partial charge in [0.25, 0.3) is 0 Å². The maximum Gasteiger partial charge on any atom is 0.0309 e. The van der Waals surface area contributed by atoms with Crippen LogP contribution >= 0.6 is 38.5 Å². The second kappa shape index (κ2) is 6.97. The first kappa shape index (κ1) is 14.5. The predicted octanol–water partition coefficient (Wildman–Crippen LogP) is 4.88. The van der Waals surface area contributed by atoms with Gasteiger partial charge in [-0.05, 0) is 58.7 Å². The molecule has 0 saturated carbocycles. The third-order valence-corrected chi connectivity index (χ3v) is 4.49. The fourth-order valence-electron chi connectivity index (χ4n) is 1.91. The van der Waals surface area contributed by atoms with Crippen molar-refractivity contribution < 1.29 is 0 Å². The van der Waals surface area contributed by atoms with E-state index < -0.39 is 0 Å². The summed E-state index contributed by atoms with van der Waals surface area (Å²) < 4.78 is 2.38. The van der Waals surface area contributed by atoms with E-state index in [-0.39, 0.29) is 6.04 Å². The zero-order valence-electron chi connectivity index (χ0n) is 9.84. The molecule has 0 radical (unpaired) electrons. The van der Waals surface area contributed by atoms with Gasteiger partial charge in [0.15, 0.2) is 0 Å². The van der Waals surface area contributed by atoms with Crippen LogP contribution in [0.1, 0.15) is 44.7 Å². The molecular formula is C13H19BrIN. The van der Waals surface area contributed by atoms with Crippen LogP contribution < -0.4 is 5.73 Å². The minimum absolute atomic E-state index is 0.147. The number of benzene rings is 1. The van der Waals surface area contributed by atoms with Gasteiger partial charge in [0.2, 0.25) is 0 Å². The summed E-state index contributed by atoms with van der Waals surface area (Å²) in [5, 5.41) is 0. The lowest BCUT2D eigenvalue weighted by Crippen LogP contribution is -2.15. The Kier molecular flexibility index (Phi) is 6.29. The molecule has 1 aromatic rings. The van der Waals surface area contributed by atoms with Gasteiger partial charge in [-0.25, -0.2) is 0 Å². The Morgan fingerprint density at radius 3 is 2.50 bits per heavy atom. The van der Waals surface area contributed by atoms with Crippen molar-refractivity contribution in [1.82, 2.24) is 0 Å². The molecule has 0 amide bonds. The van der Waals surface area contributed by atoms with E-state index in [2.05, 4.69) is 70.6 Å². The van der Waals surface area contributed by atoms with Crippen molar-refractivity contribution in [3.8, 4) is 0 Å². The standard InChI is InChI=1S/C13H19BrIN/c1-3-9(4-2)7-13(16)11-8-10(15)5-6-12(11)14/h5-6,8-9,13H,3-4,7,16H2,1-2H3. The monoisotopic (exact) mass is 395 g/mol. The smallest absolute Gasteiger partial charge is 0.0309 e. The predicted molar refractivity (Wildman–Crippen MR) is 82.5 cm³/mol. The molecule has 0 aromatic heterocycles. The molecule has 0 aliphatic rings. The summed E-state index contributed by atoms with van der Waals surface area (Å²) in [5.74, 6) is 0.736. The molecule has 0 bridgehead atoms. The Labute approximate surface area is 120 Å². The van der Waals surface area contributed by atoms with Crippen LogP contribution in [0.4, 0.5) is 0 Å². The number of nitrogens with two attached hydrogens (primary N) is 1. The van der Waals surface area contributed by atoms with Gasteiger partial charge in [0, 0.05) is 14.1 Å². The summed E-state index contributed by atoms with van der Waals surface area (Å²) in [6.07, 6.45) is 3.50. The van der Waals surface area contributed by atoms with Gasteiger partial charge in [0.05, 0.1) is 0 Å². The van der Waals surface area contributed by atoms with Crippen LogP contribution in [0.15, 0.2) is 22.7 Å². The van der Waals surface area contributed by atoms with E-state index in [1.807, 2.05) is 0 Å². The molecule has 3 heteroatoms. The first-order valence-electron chi connectivity index (χ1n) is 5.79.